The van der Waals surface area contributed by atoms with Crippen molar-refractivity contribution < 1.29 is 36.8 Å². The van der Waals surface area contributed by atoms with Crippen LogP contribution >= 0.6 is 23.2 Å². The fourth-order valence-electron chi connectivity index (χ4n) is 3.89. The number of halogens is 5. The van der Waals surface area contributed by atoms with Gasteiger partial charge in [-0.05, 0) is 42.5 Å². The van der Waals surface area contributed by atoms with E-state index in [1.165, 1.54) is 37.4 Å². The quantitative estimate of drug-likeness (QED) is 0.204. The van der Waals surface area contributed by atoms with Gasteiger partial charge in [0, 0.05) is 23.1 Å². The van der Waals surface area contributed by atoms with Crippen LogP contribution in [-0.2, 0) is 17.5 Å². The van der Waals surface area contributed by atoms with E-state index in [1.807, 2.05) is 13.8 Å². The number of alkyl halides is 3. The van der Waals surface area contributed by atoms with Crippen molar-refractivity contribution in [2.75, 3.05) is 12.4 Å². The second kappa shape index (κ2) is 12.2. The molecule has 0 saturated carbocycles. The number of esters is 1. The zero-order chi connectivity index (χ0) is 29.9. The van der Waals surface area contributed by atoms with E-state index in [-0.39, 0.29) is 29.5 Å². The summed E-state index contributed by atoms with van der Waals surface area (Å²) in [5.41, 5.74) is -0.615. The van der Waals surface area contributed by atoms with Crippen molar-refractivity contribution in [1.82, 2.24) is 10.1 Å². The summed E-state index contributed by atoms with van der Waals surface area (Å²) in [7, 11) is 1.20. The number of nitrogens with one attached hydrogen (secondary N) is 1. The molecular formula is C28H22Cl2F3N3O5. The molecule has 214 valence electrons. The second-order valence-electron chi connectivity index (χ2n) is 8.98. The van der Waals surface area contributed by atoms with Crippen LogP contribution in [0.2, 0.25) is 10.0 Å². The first kappa shape index (κ1) is 29.9. The lowest BCUT2D eigenvalue weighted by Crippen LogP contribution is -2.18. The van der Waals surface area contributed by atoms with Crippen molar-refractivity contribution in [2.24, 2.45) is 0 Å². The van der Waals surface area contributed by atoms with E-state index in [9.17, 15) is 22.8 Å². The first-order valence-corrected chi connectivity index (χ1v) is 12.8. The van der Waals surface area contributed by atoms with E-state index in [2.05, 4.69) is 20.2 Å². The number of pyridine rings is 1. The Balaban J connectivity index is 1.60. The number of rotatable bonds is 8. The largest absolute Gasteiger partial charge is 0.473 e. The topological polar surface area (TPSA) is 104 Å². The van der Waals surface area contributed by atoms with Crippen LogP contribution in [0.15, 0.2) is 59.1 Å². The second-order valence-corrected chi connectivity index (χ2v) is 9.79. The van der Waals surface area contributed by atoms with Gasteiger partial charge in [0.2, 0.25) is 5.88 Å². The summed E-state index contributed by atoms with van der Waals surface area (Å²) < 4.78 is 57.6. The van der Waals surface area contributed by atoms with Crippen molar-refractivity contribution in [3.63, 3.8) is 0 Å². The maximum Gasteiger partial charge on any atom is 0.435 e. The van der Waals surface area contributed by atoms with Crippen LogP contribution in [-0.4, -0.2) is 29.1 Å². The summed E-state index contributed by atoms with van der Waals surface area (Å²) in [6, 6.07) is 12.3. The number of aromatic nitrogens is 2. The fourth-order valence-corrected chi connectivity index (χ4v) is 4.47. The van der Waals surface area contributed by atoms with Crippen LogP contribution in [0.5, 0.6) is 5.88 Å². The Kier molecular flexibility index (Phi) is 8.89. The summed E-state index contributed by atoms with van der Waals surface area (Å²) in [4.78, 5) is 27.9. The van der Waals surface area contributed by atoms with Gasteiger partial charge in [-0.3, -0.25) is 4.79 Å². The molecule has 4 aromatic rings. The van der Waals surface area contributed by atoms with Gasteiger partial charge in [-0.15, -0.1) is 0 Å². The highest BCUT2D eigenvalue weighted by Crippen LogP contribution is 2.39. The average Bonchev–Trinajstić information content (AvgIpc) is 3.35. The number of anilines is 1. The number of benzene rings is 2. The van der Waals surface area contributed by atoms with E-state index < -0.39 is 29.4 Å². The first-order valence-electron chi connectivity index (χ1n) is 12.0. The molecule has 0 fully saturated rings. The molecule has 0 spiro atoms. The highest BCUT2D eigenvalue weighted by atomic mass is 35.5. The van der Waals surface area contributed by atoms with E-state index >= 15 is 0 Å². The molecule has 13 heteroatoms. The molecule has 0 saturated heterocycles. The molecule has 4 rings (SSSR count). The molecule has 2 aromatic heterocycles. The monoisotopic (exact) mass is 607 g/mol. The predicted octanol–water partition coefficient (Wildman–Crippen LogP) is 7.80. The average molecular weight is 608 g/mol. The Morgan fingerprint density at radius 2 is 1.63 bits per heavy atom. The van der Waals surface area contributed by atoms with E-state index in [0.29, 0.717) is 32.6 Å². The van der Waals surface area contributed by atoms with Gasteiger partial charge in [0.05, 0.1) is 34.0 Å². The summed E-state index contributed by atoms with van der Waals surface area (Å²) in [5.74, 6) is -1.52. The van der Waals surface area contributed by atoms with Gasteiger partial charge < -0.3 is 19.3 Å². The standard InChI is InChI=1S/C28H22Cl2F3N3O5/c1-14(2)24-17(23(36-41-24)22-18(29)5-4-6-19(22)30)13-40-21-12-11-20(25(35-21)28(31,32)33)34-26(37)15-7-9-16(10-8-15)27(38)39-3/h4-12,14H,13H2,1-3H3,(H,34,37). The lowest BCUT2D eigenvalue weighted by Gasteiger charge is -2.15. The van der Waals surface area contributed by atoms with Crippen molar-refractivity contribution in [1.29, 1.82) is 0 Å². The maximum absolute atomic E-state index is 13.9. The van der Waals surface area contributed by atoms with Crippen molar-refractivity contribution >= 4 is 40.8 Å². The first-order chi connectivity index (χ1) is 19.4. The summed E-state index contributed by atoms with van der Waals surface area (Å²) in [6.07, 6.45) is -4.92. The zero-order valence-electron chi connectivity index (χ0n) is 21.8. The van der Waals surface area contributed by atoms with Crippen LogP contribution in [0.25, 0.3) is 11.3 Å². The van der Waals surface area contributed by atoms with Gasteiger partial charge >= 0.3 is 12.1 Å². The molecule has 8 nitrogen and oxygen atoms in total. The number of hydrogen-bond acceptors (Lipinski definition) is 7. The molecule has 41 heavy (non-hydrogen) atoms. The molecule has 0 aliphatic rings. The molecule has 0 unspecified atom stereocenters. The third kappa shape index (κ3) is 6.63. The zero-order valence-corrected chi connectivity index (χ0v) is 23.3. The minimum Gasteiger partial charge on any atom is -0.473 e. The lowest BCUT2D eigenvalue weighted by molar-refractivity contribution is -0.140. The third-order valence-electron chi connectivity index (χ3n) is 5.86. The molecule has 1 N–H and O–H groups in total. The van der Waals surface area contributed by atoms with E-state index in [1.54, 1.807) is 18.2 Å². The maximum atomic E-state index is 13.9. The Morgan fingerprint density at radius 3 is 2.22 bits per heavy atom. The van der Waals surface area contributed by atoms with Gasteiger partial charge in [-0.2, -0.15) is 13.2 Å². The Bertz CT molecular complexity index is 1570. The predicted molar refractivity (Wildman–Crippen MR) is 145 cm³/mol. The summed E-state index contributed by atoms with van der Waals surface area (Å²) >= 11 is 12.7. The number of nitrogens with zero attached hydrogens (tertiary/aromatic N) is 2. The smallest absolute Gasteiger partial charge is 0.435 e. The number of hydrogen-bond donors (Lipinski definition) is 1. The number of carbonyl (C=O) groups excluding carboxylic acids is 2. The Hall–Kier alpha value is -4.09. The van der Waals surface area contributed by atoms with Crippen molar-refractivity contribution in [3.8, 4) is 17.1 Å². The van der Waals surface area contributed by atoms with E-state index in [0.717, 1.165) is 6.07 Å². The van der Waals surface area contributed by atoms with Gasteiger partial charge in [-0.25, -0.2) is 9.78 Å². The van der Waals surface area contributed by atoms with Gasteiger partial charge in [0.25, 0.3) is 5.91 Å². The van der Waals surface area contributed by atoms with Gasteiger partial charge in [-0.1, -0.05) is 48.3 Å². The summed E-state index contributed by atoms with van der Waals surface area (Å²) in [5, 5.41) is 6.92. The minimum absolute atomic E-state index is 0.0190. The van der Waals surface area contributed by atoms with Crippen LogP contribution in [0.3, 0.4) is 0 Å². The van der Waals surface area contributed by atoms with Crippen LogP contribution in [0.4, 0.5) is 18.9 Å². The van der Waals surface area contributed by atoms with E-state index in [4.69, 9.17) is 32.5 Å². The SMILES string of the molecule is COC(=O)c1ccc(C(=O)Nc2ccc(OCc3c(-c4c(Cl)cccc4Cl)noc3C(C)C)nc2C(F)(F)F)cc1. The molecule has 0 bridgehead atoms. The Labute approximate surface area is 242 Å². The number of carbonyl (C=O) groups is 2. The van der Waals surface area contributed by atoms with Crippen LogP contribution in [0, 0.1) is 0 Å². The molecule has 0 atom stereocenters. The van der Waals surface area contributed by atoms with Crippen molar-refractivity contribution in [2.45, 2.75) is 32.5 Å². The number of ether oxygens (including phenoxy) is 2. The fraction of sp³-hybridized carbons (Fsp3) is 0.214. The molecule has 2 aromatic carbocycles. The molecule has 0 aliphatic carbocycles. The molecule has 0 aliphatic heterocycles. The van der Waals surface area contributed by atoms with Crippen LogP contribution in [0.1, 0.15) is 57.5 Å². The summed E-state index contributed by atoms with van der Waals surface area (Å²) in [6.45, 7) is 3.45. The van der Waals surface area contributed by atoms with Gasteiger partial charge in [0.1, 0.15) is 18.1 Å². The molecule has 0 radical (unpaired) electrons. The highest BCUT2D eigenvalue weighted by molar-refractivity contribution is 6.39. The molecule has 2 heterocycles. The lowest BCUT2D eigenvalue weighted by atomic mass is 10.0. The number of methoxy groups -OCH3 is 1. The Morgan fingerprint density at radius 1 is 1.00 bits per heavy atom. The van der Waals surface area contributed by atoms with Crippen molar-refractivity contribution in [3.05, 3.63) is 92.8 Å². The number of amides is 1. The van der Waals surface area contributed by atoms with Gasteiger partial charge in [0.15, 0.2) is 5.69 Å². The van der Waals surface area contributed by atoms with Crippen LogP contribution < -0.4 is 10.1 Å². The third-order valence-corrected chi connectivity index (χ3v) is 6.49. The minimum atomic E-state index is -4.92. The molecular weight excluding hydrogens is 586 g/mol. The highest BCUT2D eigenvalue weighted by Gasteiger charge is 2.37. The molecule has 1 amide bonds. The normalized spacial score (nSPS) is 11.4.